The van der Waals surface area contributed by atoms with Crippen LogP contribution >= 0.6 is 11.6 Å². The highest BCUT2D eigenvalue weighted by Gasteiger charge is 2.21. The number of aromatic nitrogens is 3. The molecule has 0 atom stereocenters. The lowest BCUT2D eigenvalue weighted by Crippen LogP contribution is -2.27. The molecule has 206 valence electrons. The second-order valence-electron chi connectivity index (χ2n) is 9.57. The summed E-state index contributed by atoms with van der Waals surface area (Å²) in [6.07, 6.45) is -0.634. The van der Waals surface area contributed by atoms with Crippen molar-refractivity contribution < 1.29 is 23.9 Å². The Labute approximate surface area is 236 Å². The highest BCUT2D eigenvalue weighted by molar-refractivity contribution is 6.34. The van der Waals surface area contributed by atoms with Crippen molar-refractivity contribution in [1.29, 1.82) is 0 Å². The van der Waals surface area contributed by atoms with Crippen LogP contribution in [0.4, 0.5) is 16.4 Å². The Balaban J connectivity index is 1.61. The molecule has 0 aliphatic carbocycles. The van der Waals surface area contributed by atoms with Gasteiger partial charge in [0.1, 0.15) is 17.2 Å². The number of halogens is 1. The monoisotopic (exact) mass is 561 g/mol. The molecule has 0 unspecified atom stereocenters. The lowest BCUT2D eigenvalue weighted by atomic mass is 10.1. The number of hydrogen-bond acceptors (Lipinski definition) is 7. The van der Waals surface area contributed by atoms with Gasteiger partial charge in [-0.2, -0.15) is 5.10 Å². The summed E-state index contributed by atoms with van der Waals surface area (Å²) in [7, 11) is 0. The van der Waals surface area contributed by atoms with E-state index in [0.717, 1.165) is 0 Å². The Morgan fingerprint density at radius 2 is 1.70 bits per heavy atom. The van der Waals surface area contributed by atoms with Crippen LogP contribution < -0.4 is 10.6 Å². The molecule has 2 aromatic carbocycles. The standard InChI is InChI=1S/C29H28ClN5O5/c1-5-39-27(37)23-17-25(35(34-23)19-10-7-6-8-11-19)33-26(36)20-16-18(14-15-21(20)30)22-12-9-13-24(31-22)32-28(38)40-29(2,3)4/h6-17H,5H2,1-4H3,(H,33,36)(H,31,32,38). The topological polar surface area (TPSA) is 124 Å². The number of hydrogen-bond donors (Lipinski definition) is 2. The SMILES string of the molecule is CCOC(=O)c1cc(NC(=O)c2cc(-c3cccc(NC(=O)OC(C)(C)C)n3)ccc2Cl)n(-c2ccccc2)n1. The Kier molecular flexibility index (Phi) is 8.49. The fraction of sp³-hybridized carbons (Fsp3) is 0.207. The summed E-state index contributed by atoms with van der Waals surface area (Å²) in [5.74, 6) is -0.602. The van der Waals surface area contributed by atoms with E-state index < -0.39 is 23.6 Å². The van der Waals surface area contributed by atoms with Gasteiger partial charge in [-0.25, -0.2) is 19.3 Å². The maximum atomic E-state index is 13.4. The number of pyridine rings is 1. The van der Waals surface area contributed by atoms with Crippen LogP contribution in [-0.4, -0.2) is 44.9 Å². The molecule has 0 saturated carbocycles. The zero-order valence-corrected chi connectivity index (χ0v) is 23.2. The van der Waals surface area contributed by atoms with Gasteiger partial charge in [-0.15, -0.1) is 0 Å². The molecular formula is C29H28ClN5O5. The third-order valence-corrected chi connectivity index (χ3v) is 5.65. The summed E-state index contributed by atoms with van der Waals surface area (Å²) in [6.45, 7) is 7.18. The molecule has 40 heavy (non-hydrogen) atoms. The summed E-state index contributed by atoms with van der Waals surface area (Å²) in [4.78, 5) is 42.4. The highest BCUT2D eigenvalue weighted by Crippen LogP contribution is 2.27. The summed E-state index contributed by atoms with van der Waals surface area (Å²) >= 11 is 6.41. The molecule has 0 aliphatic heterocycles. The van der Waals surface area contributed by atoms with Crippen LogP contribution in [-0.2, 0) is 9.47 Å². The summed E-state index contributed by atoms with van der Waals surface area (Å²) in [6, 6.07) is 20.5. The number of nitrogens with one attached hydrogen (secondary N) is 2. The number of benzene rings is 2. The Hall–Kier alpha value is -4.70. The predicted octanol–water partition coefficient (Wildman–Crippen LogP) is 6.36. The van der Waals surface area contributed by atoms with Crippen molar-refractivity contribution in [1.82, 2.24) is 14.8 Å². The molecule has 0 spiro atoms. The minimum absolute atomic E-state index is 0.0411. The zero-order chi connectivity index (χ0) is 28.9. The van der Waals surface area contributed by atoms with E-state index >= 15 is 0 Å². The van der Waals surface area contributed by atoms with Crippen molar-refractivity contribution in [2.45, 2.75) is 33.3 Å². The minimum Gasteiger partial charge on any atom is -0.461 e. The summed E-state index contributed by atoms with van der Waals surface area (Å²) < 4.78 is 11.8. The summed E-state index contributed by atoms with van der Waals surface area (Å²) in [5.41, 5.74) is 1.27. The van der Waals surface area contributed by atoms with Gasteiger partial charge < -0.3 is 14.8 Å². The van der Waals surface area contributed by atoms with Crippen LogP contribution in [0, 0.1) is 0 Å². The van der Waals surface area contributed by atoms with E-state index in [9.17, 15) is 14.4 Å². The van der Waals surface area contributed by atoms with Crippen LogP contribution in [0.15, 0.2) is 72.8 Å². The molecule has 2 heterocycles. The predicted molar refractivity (Wildman–Crippen MR) is 152 cm³/mol. The van der Waals surface area contributed by atoms with Gasteiger partial charge in [-0.3, -0.25) is 10.1 Å². The van der Waals surface area contributed by atoms with E-state index in [4.69, 9.17) is 21.1 Å². The van der Waals surface area contributed by atoms with E-state index in [1.165, 1.54) is 10.7 Å². The quantitative estimate of drug-likeness (QED) is 0.251. The second kappa shape index (κ2) is 12.0. The molecule has 2 amide bonds. The number of nitrogens with zero attached hydrogens (tertiary/aromatic N) is 3. The molecule has 10 nitrogen and oxygen atoms in total. The van der Waals surface area contributed by atoms with E-state index in [1.54, 1.807) is 76.2 Å². The smallest absolute Gasteiger partial charge is 0.413 e. The molecule has 2 aromatic heterocycles. The number of carbonyl (C=O) groups excluding carboxylic acids is 3. The van der Waals surface area contributed by atoms with Crippen molar-refractivity contribution in [3.8, 4) is 16.9 Å². The third-order valence-electron chi connectivity index (χ3n) is 5.32. The lowest BCUT2D eigenvalue weighted by molar-refractivity contribution is 0.0518. The number of carbonyl (C=O) groups is 3. The first-order valence-corrected chi connectivity index (χ1v) is 12.8. The van der Waals surface area contributed by atoms with Crippen molar-refractivity contribution in [2.24, 2.45) is 0 Å². The van der Waals surface area contributed by atoms with Gasteiger partial charge in [0.15, 0.2) is 5.69 Å². The van der Waals surface area contributed by atoms with Gasteiger partial charge in [0.2, 0.25) is 0 Å². The van der Waals surface area contributed by atoms with E-state index in [1.807, 2.05) is 18.2 Å². The van der Waals surface area contributed by atoms with E-state index in [2.05, 4.69) is 20.7 Å². The molecule has 2 N–H and O–H groups in total. The molecular weight excluding hydrogens is 534 g/mol. The maximum absolute atomic E-state index is 13.4. The summed E-state index contributed by atoms with van der Waals surface area (Å²) in [5, 5.41) is 9.94. The Morgan fingerprint density at radius 3 is 2.40 bits per heavy atom. The van der Waals surface area contributed by atoms with E-state index in [0.29, 0.717) is 16.9 Å². The molecule has 11 heteroatoms. The highest BCUT2D eigenvalue weighted by atomic mass is 35.5. The fourth-order valence-electron chi connectivity index (χ4n) is 3.66. The molecule has 4 rings (SSSR count). The molecule has 0 fully saturated rings. The number of anilines is 2. The van der Waals surface area contributed by atoms with Gasteiger partial charge in [-0.1, -0.05) is 41.9 Å². The molecule has 4 aromatic rings. The van der Waals surface area contributed by atoms with Gasteiger partial charge in [0.25, 0.3) is 5.91 Å². The van der Waals surface area contributed by atoms with Gasteiger partial charge in [-0.05, 0) is 64.1 Å². The Morgan fingerprint density at radius 1 is 0.950 bits per heavy atom. The molecule has 0 radical (unpaired) electrons. The molecule has 0 saturated heterocycles. The van der Waals surface area contributed by atoms with Gasteiger partial charge in [0, 0.05) is 11.6 Å². The third kappa shape index (κ3) is 7.03. The number of rotatable bonds is 7. The lowest BCUT2D eigenvalue weighted by Gasteiger charge is -2.19. The average molecular weight is 562 g/mol. The van der Waals surface area contributed by atoms with E-state index in [-0.39, 0.29) is 34.5 Å². The van der Waals surface area contributed by atoms with Crippen LogP contribution in [0.1, 0.15) is 48.5 Å². The van der Waals surface area contributed by atoms with Gasteiger partial charge in [0.05, 0.1) is 28.6 Å². The minimum atomic E-state index is -0.660. The van der Waals surface area contributed by atoms with Crippen molar-refractivity contribution in [2.75, 3.05) is 17.2 Å². The first-order chi connectivity index (χ1) is 19.0. The second-order valence-corrected chi connectivity index (χ2v) is 9.97. The average Bonchev–Trinajstić information content (AvgIpc) is 3.32. The fourth-order valence-corrected chi connectivity index (χ4v) is 3.86. The normalized spacial score (nSPS) is 11.0. The largest absolute Gasteiger partial charge is 0.461 e. The van der Waals surface area contributed by atoms with Crippen LogP contribution in [0.25, 0.3) is 16.9 Å². The maximum Gasteiger partial charge on any atom is 0.413 e. The number of amides is 2. The Bertz CT molecular complexity index is 1550. The number of ether oxygens (including phenoxy) is 2. The first kappa shape index (κ1) is 28.3. The van der Waals surface area contributed by atoms with Crippen LogP contribution in [0.2, 0.25) is 5.02 Å². The zero-order valence-electron chi connectivity index (χ0n) is 22.4. The molecule has 0 bridgehead atoms. The van der Waals surface area contributed by atoms with Crippen molar-refractivity contribution >= 4 is 41.2 Å². The van der Waals surface area contributed by atoms with Crippen molar-refractivity contribution in [3.05, 3.63) is 89.1 Å². The van der Waals surface area contributed by atoms with Crippen molar-refractivity contribution in [3.63, 3.8) is 0 Å². The van der Waals surface area contributed by atoms with Gasteiger partial charge >= 0.3 is 12.1 Å². The molecule has 0 aliphatic rings. The van der Waals surface area contributed by atoms with Crippen LogP contribution in [0.5, 0.6) is 0 Å². The number of esters is 1. The number of para-hydroxylation sites is 1. The first-order valence-electron chi connectivity index (χ1n) is 12.4. The van der Waals surface area contributed by atoms with Crippen LogP contribution in [0.3, 0.4) is 0 Å².